The van der Waals surface area contributed by atoms with Gasteiger partial charge in [0.1, 0.15) is 11.5 Å². The predicted molar refractivity (Wildman–Crippen MR) is 112 cm³/mol. The highest BCUT2D eigenvalue weighted by atomic mass is 16.5. The predicted octanol–water partition coefficient (Wildman–Crippen LogP) is 3.21. The van der Waals surface area contributed by atoms with E-state index in [1.54, 1.807) is 32.4 Å². The molecule has 6 heteroatoms. The largest absolute Gasteiger partial charge is 0.497 e. The Morgan fingerprint density at radius 3 is 2.55 bits per heavy atom. The van der Waals surface area contributed by atoms with Crippen molar-refractivity contribution in [2.75, 3.05) is 40.4 Å². The molecule has 0 aliphatic carbocycles. The van der Waals surface area contributed by atoms with Gasteiger partial charge in [0.05, 0.1) is 25.3 Å². The van der Waals surface area contributed by atoms with Crippen LogP contribution in [0.15, 0.2) is 54.7 Å². The minimum Gasteiger partial charge on any atom is -0.497 e. The fourth-order valence-corrected chi connectivity index (χ4v) is 3.79. The molecule has 2 heterocycles. The Hall–Kier alpha value is -3.12. The number of nitrogens with zero attached hydrogens (tertiary/aromatic N) is 3. The van der Waals surface area contributed by atoms with Gasteiger partial charge in [-0.2, -0.15) is 0 Å². The van der Waals surface area contributed by atoms with Crippen molar-refractivity contribution in [1.29, 1.82) is 0 Å². The van der Waals surface area contributed by atoms with Gasteiger partial charge < -0.3 is 14.4 Å². The molecule has 0 saturated carbocycles. The monoisotopic (exact) mass is 391 g/mol. The van der Waals surface area contributed by atoms with Crippen molar-refractivity contribution in [2.24, 2.45) is 0 Å². The number of amides is 1. The maximum absolute atomic E-state index is 13.0. The zero-order chi connectivity index (χ0) is 20.2. The van der Waals surface area contributed by atoms with Crippen LogP contribution in [0.3, 0.4) is 0 Å². The van der Waals surface area contributed by atoms with E-state index in [9.17, 15) is 4.79 Å². The third kappa shape index (κ3) is 4.03. The molecule has 1 fully saturated rings. The number of piperazine rings is 1. The highest BCUT2D eigenvalue weighted by molar-refractivity contribution is 5.97. The Bertz CT molecular complexity index is 1010. The van der Waals surface area contributed by atoms with Gasteiger partial charge in [-0.25, -0.2) is 0 Å². The second-order valence-electron chi connectivity index (χ2n) is 7.13. The Morgan fingerprint density at radius 2 is 1.79 bits per heavy atom. The number of carbonyl (C=O) groups is 1. The summed E-state index contributed by atoms with van der Waals surface area (Å²) in [7, 11) is 3.17. The van der Waals surface area contributed by atoms with Gasteiger partial charge in [-0.15, -0.1) is 0 Å². The molecular weight excluding hydrogens is 366 g/mol. The standard InChI is InChI=1S/C23H25N3O3/c1-28-19-8-9-20(21(15-19)29-2)23(27)26-13-11-25(12-14-26)16-18-6-3-5-17-7-4-10-24-22(17)18/h3-10,15H,11-14,16H2,1-2H3. The SMILES string of the molecule is COc1ccc(C(=O)N2CCN(Cc3cccc4cccnc34)CC2)c(OC)c1. The van der Waals surface area contributed by atoms with E-state index in [0.29, 0.717) is 30.2 Å². The molecule has 4 rings (SSSR count). The van der Waals surface area contributed by atoms with Crippen LogP contribution in [0.5, 0.6) is 11.5 Å². The first-order valence-corrected chi connectivity index (χ1v) is 9.76. The maximum atomic E-state index is 13.0. The average molecular weight is 391 g/mol. The molecule has 0 N–H and O–H groups in total. The van der Waals surface area contributed by atoms with Gasteiger partial charge in [0, 0.05) is 50.4 Å². The van der Waals surface area contributed by atoms with E-state index in [2.05, 4.69) is 34.1 Å². The Balaban J connectivity index is 1.42. The molecule has 150 valence electrons. The number of aromatic nitrogens is 1. The molecule has 0 bridgehead atoms. The van der Waals surface area contributed by atoms with Gasteiger partial charge in [0.25, 0.3) is 5.91 Å². The summed E-state index contributed by atoms with van der Waals surface area (Å²) in [4.78, 5) is 21.8. The van der Waals surface area contributed by atoms with Crippen LogP contribution in [0.2, 0.25) is 0 Å². The number of para-hydroxylation sites is 1. The zero-order valence-electron chi connectivity index (χ0n) is 16.8. The molecule has 1 aliphatic heterocycles. The number of benzene rings is 2. The Morgan fingerprint density at radius 1 is 1.00 bits per heavy atom. The van der Waals surface area contributed by atoms with Gasteiger partial charge in [0.15, 0.2) is 0 Å². The number of rotatable bonds is 5. The van der Waals surface area contributed by atoms with Crippen LogP contribution >= 0.6 is 0 Å². The van der Waals surface area contributed by atoms with Crippen LogP contribution < -0.4 is 9.47 Å². The molecule has 29 heavy (non-hydrogen) atoms. The number of ether oxygens (including phenoxy) is 2. The molecule has 2 aromatic carbocycles. The van der Waals surface area contributed by atoms with Crippen LogP contribution in [0, 0.1) is 0 Å². The third-order valence-electron chi connectivity index (χ3n) is 5.41. The van der Waals surface area contributed by atoms with Crippen LogP contribution in [-0.2, 0) is 6.54 Å². The summed E-state index contributed by atoms with van der Waals surface area (Å²) in [6, 6.07) is 15.7. The zero-order valence-corrected chi connectivity index (χ0v) is 16.8. The van der Waals surface area contributed by atoms with E-state index < -0.39 is 0 Å². The number of pyridine rings is 1. The molecule has 0 spiro atoms. The molecule has 1 aliphatic rings. The normalized spacial score (nSPS) is 14.8. The van der Waals surface area contributed by atoms with Gasteiger partial charge in [0.2, 0.25) is 0 Å². The van der Waals surface area contributed by atoms with Crippen molar-refractivity contribution in [3.8, 4) is 11.5 Å². The van der Waals surface area contributed by atoms with Crippen molar-refractivity contribution >= 4 is 16.8 Å². The van der Waals surface area contributed by atoms with E-state index in [1.165, 1.54) is 5.56 Å². The first-order valence-electron chi connectivity index (χ1n) is 9.76. The third-order valence-corrected chi connectivity index (χ3v) is 5.41. The first kappa shape index (κ1) is 19.2. The van der Waals surface area contributed by atoms with E-state index >= 15 is 0 Å². The topological polar surface area (TPSA) is 54.9 Å². The summed E-state index contributed by atoms with van der Waals surface area (Å²) >= 11 is 0. The van der Waals surface area contributed by atoms with Gasteiger partial charge in [-0.3, -0.25) is 14.7 Å². The van der Waals surface area contributed by atoms with Gasteiger partial charge in [-0.1, -0.05) is 24.3 Å². The van der Waals surface area contributed by atoms with Crippen molar-refractivity contribution in [3.05, 3.63) is 65.9 Å². The van der Waals surface area contributed by atoms with Crippen molar-refractivity contribution in [1.82, 2.24) is 14.8 Å². The fraction of sp³-hybridized carbons (Fsp3) is 0.304. The summed E-state index contributed by atoms with van der Waals surface area (Å²) in [6.45, 7) is 3.86. The lowest BCUT2D eigenvalue weighted by atomic mass is 10.1. The van der Waals surface area contributed by atoms with Crippen molar-refractivity contribution in [2.45, 2.75) is 6.54 Å². The van der Waals surface area contributed by atoms with Gasteiger partial charge >= 0.3 is 0 Å². The molecule has 0 radical (unpaired) electrons. The molecule has 1 amide bonds. The number of methoxy groups -OCH3 is 2. The highest BCUT2D eigenvalue weighted by Crippen LogP contribution is 2.26. The molecule has 1 aromatic heterocycles. The molecule has 3 aromatic rings. The van der Waals surface area contributed by atoms with Crippen LogP contribution in [0.25, 0.3) is 10.9 Å². The van der Waals surface area contributed by atoms with E-state index in [-0.39, 0.29) is 5.91 Å². The molecule has 1 saturated heterocycles. The lowest BCUT2D eigenvalue weighted by Gasteiger charge is -2.35. The number of carbonyl (C=O) groups excluding carboxylic acids is 1. The quantitative estimate of drug-likeness (QED) is 0.669. The number of hydrogen-bond donors (Lipinski definition) is 0. The second kappa shape index (κ2) is 8.49. The highest BCUT2D eigenvalue weighted by Gasteiger charge is 2.25. The number of fused-ring (bicyclic) bond motifs is 1. The van der Waals surface area contributed by atoms with Crippen molar-refractivity contribution in [3.63, 3.8) is 0 Å². The van der Waals surface area contributed by atoms with Crippen molar-refractivity contribution < 1.29 is 14.3 Å². The number of hydrogen-bond acceptors (Lipinski definition) is 5. The summed E-state index contributed by atoms with van der Waals surface area (Å²) in [5.74, 6) is 1.21. The Kier molecular flexibility index (Phi) is 5.62. The summed E-state index contributed by atoms with van der Waals surface area (Å²) < 4.78 is 10.6. The van der Waals surface area contributed by atoms with E-state index in [1.807, 2.05) is 17.2 Å². The van der Waals surface area contributed by atoms with E-state index in [0.717, 1.165) is 30.5 Å². The molecule has 6 nitrogen and oxygen atoms in total. The van der Waals surface area contributed by atoms with Crippen LogP contribution in [-0.4, -0.2) is 61.1 Å². The fourth-order valence-electron chi connectivity index (χ4n) is 3.79. The second-order valence-corrected chi connectivity index (χ2v) is 7.13. The molecular formula is C23H25N3O3. The lowest BCUT2D eigenvalue weighted by molar-refractivity contribution is 0.0625. The molecule has 0 atom stereocenters. The average Bonchev–Trinajstić information content (AvgIpc) is 2.79. The van der Waals surface area contributed by atoms with Crippen LogP contribution in [0.4, 0.5) is 0 Å². The van der Waals surface area contributed by atoms with E-state index in [4.69, 9.17) is 9.47 Å². The maximum Gasteiger partial charge on any atom is 0.257 e. The van der Waals surface area contributed by atoms with Gasteiger partial charge in [-0.05, 0) is 23.8 Å². The van der Waals surface area contributed by atoms with Crippen LogP contribution in [0.1, 0.15) is 15.9 Å². The summed E-state index contributed by atoms with van der Waals surface area (Å²) in [5, 5.41) is 1.16. The summed E-state index contributed by atoms with van der Waals surface area (Å²) in [6.07, 6.45) is 1.84. The minimum atomic E-state index is -0.00372. The molecule has 0 unspecified atom stereocenters. The summed E-state index contributed by atoms with van der Waals surface area (Å²) in [5.41, 5.74) is 2.84. The first-order chi connectivity index (χ1) is 14.2. The Labute approximate surface area is 170 Å². The lowest BCUT2D eigenvalue weighted by Crippen LogP contribution is -2.48. The smallest absolute Gasteiger partial charge is 0.257 e. The minimum absolute atomic E-state index is 0.00372.